The smallest absolute Gasteiger partial charge is 0.255 e. The largest absolute Gasteiger partial charge is 0.494 e. The van der Waals surface area contributed by atoms with Crippen molar-refractivity contribution in [1.82, 2.24) is 10.3 Å². The molecule has 0 fully saturated rings. The van der Waals surface area contributed by atoms with E-state index in [9.17, 15) is 9.18 Å². The number of hydrogen-bond donors (Lipinski definition) is 2. The number of rotatable bonds is 9. The van der Waals surface area contributed by atoms with Gasteiger partial charge in [-0.3, -0.25) is 4.79 Å². The highest BCUT2D eigenvalue weighted by Crippen LogP contribution is 2.24. The van der Waals surface area contributed by atoms with Crippen molar-refractivity contribution in [3.8, 4) is 17.2 Å². The number of nitrogen functional groups attached to an aromatic ring is 1. The van der Waals surface area contributed by atoms with Gasteiger partial charge in [-0.05, 0) is 60.5 Å². The lowest BCUT2D eigenvalue weighted by molar-refractivity contribution is 0.0951. The summed E-state index contributed by atoms with van der Waals surface area (Å²) in [6, 6.07) is 17.2. The lowest BCUT2D eigenvalue weighted by Crippen LogP contribution is -2.24. The Labute approximate surface area is 174 Å². The molecule has 0 bridgehead atoms. The molecule has 1 heterocycles. The average Bonchev–Trinajstić information content (AvgIpc) is 2.74. The Kier molecular flexibility index (Phi) is 7.21. The quantitative estimate of drug-likeness (QED) is 0.395. The minimum Gasteiger partial charge on any atom is -0.494 e. The monoisotopic (exact) mass is 409 g/mol. The molecule has 3 N–H and O–H groups in total. The summed E-state index contributed by atoms with van der Waals surface area (Å²) < 4.78 is 24.5. The van der Waals surface area contributed by atoms with Gasteiger partial charge in [0.05, 0.1) is 12.2 Å². The molecule has 0 atom stereocenters. The van der Waals surface area contributed by atoms with Crippen molar-refractivity contribution in [2.75, 3.05) is 12.3 Å². The minimum absolute atomic E-state index is 0.137. The van der Waals surface area contributed by atoms with Crippen LogP contribution in [0.25, 0.3) is 0 Å². The van der Waals surface area contributed by atoms with Gasteiger partial charge in [0.2, 0.25) is 5.95 Å². The third-order valence-corrected chi connectivity index (χ3v) is 4.34. The summed E-state index contributed by atoms with van der Waals surface area (Å²) in [5, 5.41) is 2.74. The van der Waals surface area contributed by atoms with E-state index in [0.29, 0.717) is 24.7 Å². The summed E-state index contributed by atoms with van der Waals surface area (Å²) in [6.07, 6.45) is 2.12. The van der Waals surface area contributed by atoms with Crippen LogP contribution in [0.2, 0.25) is 0 Å². The summed E-state index contributed by atoms with van der Waals surface area (Å²) in [5.41, 5.74) is 6.60. The molecule has 156 valence electrons. The summed E-state index contributed by atoms with van der Waals surface area (Å²) in [5.74, 6) is 0.923. The number of ether oxygens (including phenoxy) is 2. The van der Waals surface area contributed by atoms with Gasteiger partial charge in [0.15, 0.2) is 0 Å². The molecule has 7 heteroatoms. The van der Waals surface area contributed by atoms with Crippen LogP contribution in [0.5, 0.6) is 17.2 Å². The number of nitrogens with two attached hydrogens (primary N) is 1. The van der Waals surface area contributed by atoms with E-state index in [4.69, 9.17) is 15.2 Å². The fraction of sp³-hybridized carbons (Fsp3) is 0.217. The van der Waals surface area contributed by atoms with Gasteiger partial charge in [0, 0.05) is 6.54 Å². The van der Waals surface area contributed by atoms with Crippen molar-refractivity contribution in [1.29, 1.82) is 0 Å². The van der Waals surface area contributed by atoms with Gasteiger partial charge in [-0.15, -0.1) is 0 Å². The number of carbonyl (C=O) groups excluding carboxylic acids is 1. The Morgan fingerprint density at radius 2 is 1.63 bits per heavy atom. The van der Waals surface area contributed by atoms with E-state index in [0.717, 1.165) is 30.2 Å². The maximum atomic E-state index is 13.0. The Morgan fingerprint density at radius 1 is 1.00 bits per heavy atom. The molecule has 1 aromatic heterocycles. The summed E-state index contributed by atoms with van der Waals surface area (Å²) in [6.45, 7) is 3.12. The molecule has 0 aliphatic rings. The van der Waals surface area contributed by atoms with Crippen molar-refractivity contribution in [3.05, 3.63) is 77.7 Å². The number of anilines is 1. The molecule has 0 spiro atoms. The second-order valence-corrected chi connectivity index (χ2v) is 6.67. The molecule has 0 saturated carbocycles. The molecular weight excluding hydrogens is 385 g/mol. The highest BCUT2D eigenvalue weighted by Gasteiger charge is 2.11. The fourth-order valence-corrected chi connectivity index (χ4v) is 2.67. The van der Waals surface area contributed by atoms with Gasteiger partial charge >= 0.3 is 0 Å². The fourth-order valence-electron chi connectivity index (χ4n) is 2.67. The maximum absolute atomic E-state index is 13.0. The summed E-state index contributed by atoms with van der Waals surface area (Å²) in [4.78, 5) is 15.6. The SMILES string of the molecule is CCCCOc1ccc(Oc2ccc(CNC(=O)c3ccc(F)nc3N)cc2)cc1. The molecule has 0 aliphatic carbocycles. The zero-order valence-electron chi connectivity index (χ0n) is 16.7. The predicted molar refractivity (Wildman–Crippen MR) is 113 cm³/mol. The molecule has 0 aliphatic heterocycles. The van der Waals surface area contributed by atoms with Crippen LogP contribution in [-0.2, 0) is 6.54 Å². The Hall–Kier alpha value is -3.61. The van der Waals surface area contributed by atoms with Crippen LogP contribution in [0, 0.1) is 5.95 Å². The van der Waals surface area contributed by atoms with Gasteiger partial charge in [0.25, 0.3) is 5.91 Å². The van der Waals surface area contributed by atoms with E-state index < -0.39 is 11.9 Å². The number of aromatic nitrogens is 1. The molecule has 3 rings (SSSR count). The van der Waals surface area contributed by atoms with Crippen LogP contribution >= 0.6 is 0 Å². The second-order valence-electron chi connectivity index (χ2n) is 6.67. The Morgan fingerprint density at radius 3 is 2.27 bits per heavy atom. The molecule has 2 aromatic carbocycles. The van der Waals surface area contributed by atoms with Crippen molar-refractivity contribution < 1.29 is 18.7 Å². The average molecular weight is 409 g/mol. The van der Waals surface area contributed by atoms with Gasteiger partial charge in [-0.2, -0.15) is 4.39 Å². The van der Waals surface area contributed by atoms with E-state index in [1.54, 1.807) is 0 Å². The number of amides is 1. The maximum Gasteiger partial charge on any atom is 0.255 e. The van der Waals surface area contributed by atoms with Gasteiger partial charge in [-0.1, -0.05) is 25.5 Å². The van der Waals surface area contributed by atoms with Crippen LogP contribution < -0.4 is 20.5 Å². The Bertz CT molecular complexity index is 976. The zero-order chi connectivity index (χ0) is 21.3. The first-order valence-corrected chi connectivity index (χ1v) is 9.75. The van der Waals surface area contributed by atoms with E-state index in [-0.39, 0.29) is 11.4 Å². The number of hydrogen-bond acceptors (Lipinski definition) is 5. The van der Waals surface area contributed by atoms with Gasteiger partial charge < -0.3 is 20.5 Å². The molecule has 6 nitrogen and oxygen atoms in total. The third kappa shape index (κ3) is 5.94. The van der Waals surface area contributed by atoms with E-state index >= 15 is 0 Å². The van der Waals surface area contributed by atoms with Crippen molar-refractivity contribution in [2.24, 2.45) is 0 Å². The topological polar surface area (TPSA) is 86.5 Å². The van der Waals surface area contributed by atoms with Crippen LogP contribution in [0.4, 0.5) is 10.2 Å². The Balaban J connectivity index is 1.51. The van der Waals surface area contributed by atoms with E-state index in [1.807, 2.05) is 48.5 Å². The van der Waals surface area contributed by atoms with Crippen LogP contribution in [-0.4, -0.2) is 17.5 Å². The molecule has 3 aromatic rings. The predicted octanol–water partition coefficient (Wildman–Crippen LogP) is 4.70. The number of benzene rings is 2. The number of unbranched alkanes of at least 4 members (excludes halogenated alkanes) is 1. The second kappa shape index (κ2) is 10.2. The van der Waals surface area contributed by atoms with Gasteiger partial charge in [0.1, 0.15) is 23.1 Å². The van der Waals surface area contributed by atoms with Crippen molar-refractivity contribution in [3.63, 3.8) is 0 Å². The molecule has 1 amide bonds. The number of carbonyl (C=O) groups is 1. The number of nitrogens with one attached hydrogen (secondary N) is 1. The normalized spacial score (nSPS) is 10.5. The number of halogens is 1. The van der Waals surface area contributed by atoms with E-state index in [1.165, 1.54) is 6.07 Å². The summed E-state index contributed by atoms with van der Waals surface area (Å²) >= 11 is 0. The minimum atomic E-state index is -0.724. The number of pyridine rings is 1. The first-order valence-electron chi connectivity index (χ1n) is 9.75. The molecule has 0 saturated heterocycles. The molecule has 0 radical (unpaired) electrons. The van der Waals surface area contributed by atoms with Crippen molar-refractivity contribution >= 4 is 11.7 Å². The standard InChI is InChI=1S/C23H24FN3O3/c1-2-3-14-29-17-8-10-19(11-9-17)30-18-6-4-16(5-7-18)15-26-23(28)20-12-13-21(24)27-22(20)25/h4-13H,2-3,14-15H2,1H3,(H2,25,27)(H,26,28). The van der Waals surface area contributed by atoms with Crippen LogP contribution in [0.3, 0.4) is 0 Å². The highest BCUT2D eigenvalue weighted by molar-refractivity contribution is 5.98. The van der Waals surface area contributed by atoms with Crippen LogP contribution in [0.1, 0.15) is 35.7 Å². The van der Waals surface area contributed by atoms with Crippen molar-refractivity contribution in [2.45, 2.75) is 26.3 Å². The van der Waals surface area contributed by atoms with Crippen LogP contribution in [0.15, 0.2) is 60.7 Å². The molecule has 0 unspecified atom stereocenters. The lowest BCUT2D eigenvalue weighted by Gasteiger charge is -2.10. The first-order chi connectivity index (χ1) is 14.5. The third-order valence-electron chi connectivity index (χ3n) is 4.34. The lowest BCUT2D eigenvalue weighted by atomic mass is 10.2. The zero-order valence-corrected chi connectivity index (χ0v) is 16.7. The highest BCUT2D eigenvalue weighted by atomic mass is 19.1. The van der Waals surface area contributed by atoms with E-state index in [2.05, 4.69) is 17.2 Å². The molecular formula is C23H24FN3O3. The molecule has 30 heavy (non-hydrogen) atoms. The first kappa shape index (κ1) is 21.1. The number of nitrogens with zero attached hydrogens (tertiary/aromatic N) is 1. The van der Waals surface area contributed by atoms with Gasteiger partial charge in [-0.25, -0.2) is 4.98 Å². The summed E-state index contributed by atoms with van der Waals surface area (Å²) in [7, 11) is 0.